The summed E-state index contributed by atoms with van der Waals surface area (Å²) in [6.07, 6.45) is 18.7. The first kappa shape index (κ1) is 32.7. The minimum Gasteiger partial charge on any atom is -0.463 e. The first-order chi connectivity index (χ1) is 20.4. The zero-order chi connectivity index (χ0) is 30.9. The van der Waals surface area contributed by atoms with Gasteiger partial charge in [0.15, 0.2) is 6.29 Å². The molecule has 43 heavy (non-hydrogen) atoms. The highest BCUT2D eigenvalue weighted by atomic mass is 16.7. The molecule has 11 atom stereocenters. The molecule has 3 fully saturated rings. The third-order valence-electron chi connectivity index (χ3n) is 12.5. The molecule has 0 radical (unpaired) electrons. The van der Waals surface area contributed by atoms with Crippen molar-refractivity contribution < 1.29 is 28.5 Å². The lowest BCUT2D eigenvalue weighted by atomic mass is 9.47. The highest BCUT2D eigenvalue weighted by molar-refractivity contribution is 5.66. The molecule has 0 amide bonds. The average Bonchev–Trinajstić information content (AvgIpc) is 3.30. The van der Waals surface area contributed by atoms with Gasteiger partial charge in [-0.15, -0.1) is 0 Å². The van der Waals surface area contributed by atoms with Gasteiger partial charge in [-0.2, -0.15) is 0 Å². The van der Waals surface area contributed by atoms with Crippen LogP contribution in [0.3, 0.4) is 0 Å². The normalized spacial score (nSPS) is 41.1. The number of allylic oxidation sites excluding steroid dienone is 1. The maximum Gasteiger partial charge on any atom is 0.303 e. The number of hydrogen-bond acceptors (Lipinski definition) is 6. The van der Waals surface area contributed by atoms with E-state index in [0.29, 0.717) is 5.41 Å². The predicted octanol–water partition coefficient (Wildman–Crippen LogP) is 8.19. The Morgan fingerprint density at radius 3 is 2.49 bits per heavy atom. The summed E-state index contributed by atoms with van der Waals surface area (Å²) in [5, 5.41) is 0. The van der Waals surface area contributed by atoms with Crippen LogP contribution in [-0.2, 0) is 28.5 Å². The summed E-state index contributed by atoms with van der Waals surface area (Å²) in [7, 11) is 0. The second kappa shape index (κ2) is 13.4. The summed E-state index contributed by atoms with van der Waals surface area (Å²) in [6.45, 7) is 15.3. The van der Waals surface area contributed by atoms with E-state index < -0.39 is 30.4 Å². The number of carbonyl (C=O) groups excluding carboxylic acids is 2. The van der Waals surface area contributed by atoms with Crippen LogP contribution in [0.2, 0.25) is 0 Å². The predicted molar refractivity (Wildman–Crippen MR) is 168 cm³/mol. The molecular weight excluding hydrogens is 540 g/mol. The zero-order valence-corrected chi connectivity index (χ0v) is 27.9. The molecule has 1 heterocycles. The van der Waals surface area contributed by atoms with E-state index in [9.17, 15) is 9.59 Å². The van der Waals surface area contributed by atoms with Crippen LogP contribution in [0.25, 0.3) is 0 Å². The Hall–Kier alpha value is -1.66. The van der Waals surface area contributed by atoms with Crippen LogP contribution in [0.1, 0.15) is 119 Å². The van der Waals surface area contributed by atoms with Crippen molar-refractivity contribution in [3.63, 3.8) is 0 Å². The Kier molecular flexibility index (Phi) is 10.2. The van der Waals surface area contributed by atoms with Crippen LogP contribution in [-0.4, -0.2) is 43.1 Å². The second-order valence-electron chi connectivity index (χ2n) is 15.6. The van der Waals surface area contributed by atoms with Gasteiger partial charge in [0.25, 0.3) is 0 Å². The third-order valence-corrected chi connectivity index (χ3v) is 12.5. The van der Waals surface area contributed by atoms with Crippen LogP contribution in [0.5, 0.6) is 0 Å². The molecule has 0 bridgehead atoms. The Labute approximate surface area is 260 Å². The van der Waals surface area contributed by atoms with Crippen LogP contribution >= 0.6 is 0 Å². The summed E-state index contributed by atoms with van der Waals surface area (Å²) in [6, 6.07) is 0. The van der Waals surface area contributed by atoms with E-state index >= 15 is 0 Å². The maximum absolute atomic E-state index is 11.6. The van der Waals surface area contributed by atoms with Crippen molar-refractivity contribution in [1.82, 2.24) is 0 Å². The minimum atomic E-state index is -0.598. The molecule has 6 nitrogen and oxygen atoms in total. The van der Waals surface area contributed by atoms with E-state index in [2.05, 4.69) is 40.7 Å². The van der Waals surface area contributed by atoms with Gasteiger partial charge in [-0.3, -0.25) is 9.59 Å². The fraction of sp³-hybridized carbons (Fsp3) is 0.838. The lowest BCUT2D eigenvalue weighted by Gasteiger charge is -2.58. The number of ether oxygens (including phenoxy) is 4. The molecule has 4 aliphatic carbocycles. The number of fused-ring (bicyclic) bond motifs is 5. The van der Waals surface area contributed by atoms with Gasteiger partial charge in [-0.1, -0.05) is 65.5 Å². The summed E-state index contributed by atoms with van der Waals surface area (Å²) in [5.74, 6) is 4.24. The van der Waals surface area contributed by atoms with E-state index in [1.165, 1.54) is 65.2 Å². The molecule has 0 saturated heterocycles. The molecule has 0 spiro atoms. The Bertz CT molecular complexity index is 1060. The second-order valence-corrected chi connectivity index (χ2v) is 15.6. The smallest absolute Gasteiger partial charge is 0.303 e. The Morgan fingerprint density at radius 2 is 1.77 bits per heavy atom. The van der Waals surface area contributed by atoms with E-state index in [-0.39, 0.29) is 18.1 Å². The molecule has 3 saturated carbocycles. The van der Waals surface area contributed by atoms with Crippen LogP contribution in [0.4, 0.5) is 0 Å². The van der Waals surface area contributed by atoms with Gasteiger partial charge in [-0.25, -0.2) is 0 Å². The van der Waals surface area contributed by atoms with Gasteiger partial charge in [0.05, 0.1) is 6.10 Å². The van der Waals surface area contributed by atoms with Crippen molar-refractivity contribution in [2.45, 2.75) is 144 Å². The van der Waals surface area contributed by atoms with Gasteiger partial charge < -0.3 is 18.9 Å². The standard InChI is InChI=1S/C37H58O6/c1-23(2)9-8-10-24(3)30-13-14-31-29-12-11-27-21-28(17-19-36(27,6)32(29)18-20-37(30,31)7)42-35-16-15-33(41-26(5)39)34(43-35)22-40-25(4)38/h11,15-16,23-24,28-35H,8-10,12-14,17-22H2,1-7H3/t24-,28+,29+,30-,31+,32+,33-,34-,35?,36+,37-/m1/s1. The molecular formula is C37H58O6. The summed E-state index contributed by atoms with van der Waals surface area (Å²) >= 11 is 0. The quantitative estimate of drug-likeness (QED) is 0.187. The SMILES string of the molecule is CC(=O)OC[C@H]1OC(O[C@H]2CC[C@@]3(C)C(=CC[C@H]4[C@@H]5CC[C@H]([C@H](C)CCCC(C)C)[C@@]5(C)CC[C@@H]43)C2)C=C[C@H]1OC(C)=O. The van der Waals surface area contributed by atoms with Crippen molar-refractivity contribution in [3.8, 4) is 0 Å². The Balaban J connectivity index is 1.21. The van der Waals surface area contributed by atoms with E-state index in [4.69, 9.17) is 18.9 Å². The average molecular weight is 599 g/mol. The largest absolute Gasteiger partial charge is 0.463 e. The van der Waals surface area contributed by atoms with Crippen LogP contribution in [0.15, 0.2) is 23.8 Å². The molecule has 5 aliphatic rings. The van der Waals surface area contributed by atoms with Crippen molar-refractivity contribution in [2.24, 2.45) is 46.3 Å². The molecule has 0 aromatic rings. The van der Waals surface area contributed by atoms with Gasteiger partial charge in [-0.05, 0) is 110 Å². The highest BCUT2D eigenvalue weighted by Crippen LogP contribution is 2.67. The van der Waals surface area contributed by atoms with Gasteiger partial charge in [0, 0.05) is 13.8 Å². The van der Waals surface area contributed by atoms with Crippen molar-refractivity contribution in [3.05, 3.63) is 23.8 Å². The van der Waals surface area contributed by atoms with E-state index in [1.54, 1.807) is 11.6 Å². The van der Waals surface area contributed by atoms with Gasteiger partial charge >= 0.3 is 11.9 Å². The zero-order valence-electron chi connectivity index (χ0n) is 27.9. The third kappa shape index (κ3) is 6.95. The molecule has 1 unspecified atom stereocenters. The van der Waals surface area contributed by atoms with Gasteiger partial charge in [0.2, 0.25) is 0 Å². The summed E-state index contributed by atoms with van der Waals surface area (Å²) < 4.78 is 23.2. The maximum atomic E-state index is 11.6. The summed E-state index contributed by atoms with van der Waals surface area (Å²) in [4.78, 5) is 23.0. The minimum absolute atomic E-state index is 0.0199. The number of esters is 2. The van der Waals surface area contributed by atoms with Crippen LogP contribution in [0, 0.1) is 46.3 Å². The Morgan fingerprint density at radius 1 is 0.977 bits per heavy atom. The molecule has 242 valence electrons. The fourth-order valence-electron chi connectivity index (χ4n) is 10.3. The van der Waals surface area contributed by atoms with E-state index in [0.717, 1.165) is 54.8 Å². The number of hydrogen-bond donors (Lipinski definition) is 0. The van der Waals surface area contributed by atoms with Crippen molar-refractivity contribution >= 4 is 11.9 Å². The molecule has 0 aromatic heterocycles. The van der Waals surface area contributed by atoms with Crippen LogP contribution < -0.4 is 0 Å². The molecule has 5 rings (SSSR count). The fourth-order valence-corrected chi connectivity index (χ4v) is 10.3. The summed E-state index contributed by atoms with van der Waals surface area (Å²) in [5.41, 5.74) is 2.38. The van der Waals surface area contributed by atoms with Crippen molar-refractivity contribution in [2.75, 3.05) is 6.61 Å². The highest BCUT2D eigenvalue weighted by Gasteiger charge is 2.59. The number of rotatable bonds is 10. The van der Waals surface area contributed by atoms with Crippen molar-refractivity contribution in [1.29, 1.82) is 0 Å². The molecule has 0 N–H and O–H groups in total. The first-order valence-electron chi connectivity index (χ1n) is 17.4. The van der Waals surface area contributed by atoms with Gasteiger partial charge in [0.1, 0.15) is 18.8 Å². The lowest BCUT2D eigenvalue weighted by Crippen LogP contribution is -2.51. The number of carbonyl (C=O) groups is 2. The molecule has 1 aliphatic heterocycles. The molecule has 6 heteroatoms. The topological polar surface area (TPSA) is 71.1 Å². The van der Waals surface area contributed by atoms with E-state index in [1.807, 2.05) is 6.08 Å². The lowest BCUT2D eigenvalue weighted by molar-refractivity contribution is -0.213. The monoisotopic (exact) mass is 598 g/mol. The molecule has 0 aromatic carbocycles. The first-order valence-corrected chi connectivity index (χ1v) is 17.4.